The molecule has 0 saturated carbocycles. The van der Waals surface area contributed by atoms with E-state index in [1.54, 1.807) is 11.1 Å². The van der Waals surface area contributed by atoms with Crippen molar-refractivity contribution in [3.63, 3.8) is 0 Å². The van der Waals surface area contributed by atoms with Crippen LogP contribution in [0.25, 0.3) is 10.7 Å². The van der Waals surface area contributed by atoms with Crippen molar-refractivity contribution < 1.29 is 9.59 Å². The Morgan fingerprint density at radius 1 is 1.36 bits per heavy atom. The summed E-state index contributed by atoms with van der Waals surface area (Å²) in [6.07, 6.45) is 2.27. The van der Waals surface area contributed by atoms with E-state index in [-0.39, 0.29) is 17.9 Å². The van der Waals surface area contributed by atoms with E-state index in [0.717, 1.165) is 0 Å². The van der Waals surface area contributed by atoms with Crippen LogP contribution < -0.4 is 11.1 Å². The largest absolute Gasteiger partial charge is 0.369 e. The number of rotatable bonds is 3. The molecule has 1 atom stereocenters. The SMILES string of the molecule is NC(=O)C1CCN(C(=O)Nc2nnc(-c3ccccn3)s2)C1. The van der Waals surface area contributed by atoms with Crippen molar-refractivity contribution >= 4 is 28.4 Å². The van der Waals surface area contributed by atoms with Gasteiger partial charge < -0.3 is 10.6 Å². The number of amides is 3. The molecule has 3 heterocycles. The highest BCUT2D eigenvalue weighted by Gasteiger charge is 2.30. The van der Waals surface area contributed by atoms with Crippen molar-refractivity contribution in [2.45, 2.75) is 6.42 Å². The molecule has 0 aliphatic carbocycles. The normalized spacial score (nSPS) is 17.5. The number of aromatic nitrogens is 3. The van der Waals surface area contributed by atoms with Crippen LogP contribution in [0.4, 0.5) is 9.93 Å². The third-order valence-corrected chi connectivity index (χ3v) is 4.26. The molecule has 22 heavy (non-hydrogen) atoms. The van der Waals surface area contributed by atoms with Crippen LogP contribution in [0.15, 0.2) is 24.4 Å². The number of hydrogen-bond acceptors (Lipinski definition) is 6. The Labute approximate surface area is 130 Å². The van der Waals surface area contributed by atoms with E-state index in [9.17, 15) is 9.59 Å². The Kier molecular flexibility index (Phi) is 3.96. The van der Waals surface area contributed by atoms with Gasteiger partial charge in [0.05, 0.1) is 5.92 Å². The van der Waals surface area contributed by atoms with Gasteiger partial charge in [0.1, 0.15) is 5.69 Å². The standard InChI is InChI=1S/C13H14N6O2S/c14-10(20)8-4-6-19(7-8)13(21)16-12-18-17-11(22-12)9-3-1-2-5-15-9/h1-3,5,8H,4,6-7H2,(H2,14,20)(H,16,18,21). The van der Waals surface area contributed by atoms with Gasteiger partial charge in [0.2, 0.25) is 11.0 Å². The summed E-state index contributed by atoms with van der Waals surface area (Å²) in [7, 11) is 0. The highest BCUT2D eigenvalue weighted by Crippen LogP contribution is 2.25. The third-order valence-electron chi connectivity index (χ3n) is 3.40. The summed E-state index contributed by atoms with van der Waals surface area (Å²) in [4.78, 5) is 29.0. The number of likely N-dealkylation sites (tertiary alicyclic amines) is 1. The zero-order chi connectivity index (χ0) is 15.5. The van der Waals surface area contributed by atoms with E-state index in [2.05, 4.69) is 20.5 Å². The summed E-state index contributed by atoms with van der Waals surface area (Å²) in [5.41, 5.74) is 5.96. The quantitative estimate of drug-likeness (QED) is 0.874. The van der Waals surface area contributed by atoms with Crippen LogP contribution in [0.2, 0.25) is 0 Å². The summed E-state index contributed by atoms with van der Waals surface area (Å²) in [5, 5.41) is 11.7. The Morgan fingerprint density at radius 3 is 2.91 bits per heavy atom. The molecule has 2 aromatic rings. The third kappa shape index (κ3) is 3.03. The molecule has 0 radical (unpaired) electrons. The zero-order valence-electron chi connectivity index (χ0n) is 11.6. The first-order valence-electron chi connectivity index (χ1n) is 6.73. The molecule has 3 rings (SSSR count). The number of nitrogens with two attached hydrogens (primary N) is 1. The molecule has 1 fully saturated rings. The molecule has 9 heteroatoms. The topological polar surface area (TPSA) is 114 Å². The van der Waals surface area contributed by atoms with Crippen molar-refractivity contribution in [3.8, 4) is 10.7 Å². The highest BCUT2D eigenvalue weighted by molar-refractivity contribution is 7.18. The zero-order valence-corrected chi connectivity index (χ0v) is 12.4. The molecular weight excluding hydrogens is 304 g/mol. The molecule has 114 valence electrons. The second-order valence-corrected chi connectivity index (χ2v) is 5.87. The van der Waals surface area contributed by atoms with E-state index >= 15 is 0 Å². The van der Waals surface area contributed by atoms with Gasteiger partial charge in [-0.15, -0.1) is 10.2 Å². The van der Waals surface area contributed by atoms with E-state index in [0.29, 0.717) is 35.3 Å². The van der Waals surface area contributed by atoms with Gasteiger partial charge in [-0.25, -0.2) is 4.79 Å². The number of hydrogen-bond donors (Lipinski definition) is 2. The van der Waals surface area contributed by atoms with E-state index in [4.69, 9.17) is 5.73 Å². The molecule has 1 aliphatic heterocycles. The molecule has 2 aromatic heterocycles. The minimum atomic E-state index is -0.372. The number of carbonyl (C=O) groups excluding carboxylic acids is 2. The monoisotopic (exact) mass is 318 g/mol. The van der Waals surface area contributed by atoms with Gasteiger partial charge in [-0.3, -0.25) is 15.1 Å². The molecule has 1 unspecified atom stereocenters. The highest BCUT2D eigenvalue weighted by atomic mass is 32.1. The fourth-order valence-electron chi connectivity index (χ4n) is 2.21. The average molecular weight is 318 g/mol. The maximum Gasteiger partial charge on any atom is 0.323 e. The van der Waals surface area contributed by atoms with Crippen molar-refractivity contribution in [2.75, 3.05) is 18.4 Å². The smallest absolute Gasteiger partial charge is 0.323 e. The Bertz CT molecular complexity index is 689. The van der Waals surface area contributed by atoms with Crippen LogP contribution in [0.1, 0.15) is 6.42 Å². The number of anilines is 1. The van der Waals surface area contributed by atoms with Crippen LogP contribution in [0, 0.1) is 5.92 Å². The molecule has 0 spiro atoms. The van der Waals surface area contributed by atoms with Crippen LogP contribution in [-0.2, 0) is 4.79 Å². The lowest BCUT2D eigenvalue weighted by atomic mass is 10.1. The summed E-state index contributed by atoms with van der Waals surface area (Å²) in [6, 6.07) is 5.20. The van der Waals surface area contributed by atoms with E-state index in [1.165, 1.54) is 11.3 Å². The number of primary amides is 1. The van der Waals surface area contributed by atoms with Gasteiger partial charge in [0, 0.05) is 19.3 Å². The summed E-state index contributed by atoms with van der Waals surface area (Å²) < 4.78 is 0. The first-order chi connectivity index (χ1) is 10.6. The molecule has 1 aliphatic rings. The minimum absolute atomic E-state index is 0.274. The van der Waals surface area contributed by atoms with Crippen LogP contribution in [0.5, 0.6) is 0 Å². The molecule has 3 amide bonds. The van der Waals surface area contributed by atoms with Crippen LogP contribution in [-0.4, -0.2) is 45.1 Å². The Hall–Kier alpha value is -2.55. The summed E-state index contributed by atoms with van der Waals surface area (Å²) in [6.45, 7) is 0.846. The van der Waals surface area contributed by atoms with E-state index < -0.39 is 0 Å². The van der Waals surface area contributed by atoms with Gasteiger partial charge in [0.25, 0.3) is 0 Å². The van der Waals surface area contributed by atoms with Crippen molar-refractivity contribution in [1.29, 1.82) is 0 Å². The lowest BCUT2D eigenvalue weighted by molar-refractivity contribution is -0.121. The number of nitrogens with zero attached hydrogens (tertiary/aromatic N) is 4. The molecule has 8 nitrogen and oxygen atoms in total. The molecule has 1 saturated heterocycles. The number of nitrogens with one attached hydrogen (secondary N) is 1. The fraction of sp³-hybridized carbons (Fsp3) is 0.308. The predicted octanol–water partition coefficient (Wildman–Crippen LogP) is 0.939. The average Bonchev–Trinajstić information content (AvgIpc) is 3.17. The van der Waals surface area contributed by atoms with Gasteiger partial charge >= 0.3 is 6.03 Å². The van der Waals surface area contributed by atoms with Gasteiger partial charge in [-0.2, -0.15) is 0 Å². The molecule has 0 aromatic carbocycles. The summed E-state index contributed by atoms with van der Waals surface area (Å²) in [5.74, 6) is -0.645. The maximum atomic E-state index is 12.1. The molecule has 0 bridgehead atoms. The number of carbonyl (C=O) groups is 2. The van der Waals surface area contributed by atoms with Crippen molar-refractivity contribution in [3.05, 3.63) is 24.4 Å². The van der Waals surface area contributed by atoms with E-state index in [1.807, 2.05) is 18.2 Å². The first-order valence-corrected chi connectivity index (χ1v) is 7.55. The first kappa shape index (κ1) is 14.4. The lowest BCUT2D eigenvalue weighted by Crippen LogP contribution is -2.34. The molecular formula is C13H14N6O2S. The Balaban J connectivity index is 1.63. The minimum Gasteiger partial charge on any atom is -0.369 e. The second-order valence-electron chi connectivity index (χ2n) is 4.89. The fourth-order valence-corrected chi connectivity index (χ4v) is 2.92. The lowest BCUT2D eigenvalue weighted by Gasteiger charge is -2.15. The van der Waals surface area contributed by atoms with Crippen LogP contribution in [0.3, 0.4) is 0 Å². The molecule has 3 N–H and O–H groups in total. The van der Waals surface area contributed by atoms with Crippen molar-refractivity contribution in [2.24, 2.45) is 11.7 Å². The predicted molar refractivity (Wildman–Crippen MR) is 81.0 cm³/mol. The van der Waals surface area contributed by atoms with Gasteiger partial charge in [-0.1, -0.05) is 17.4 Å². The Morgan fingerprint density at radius 2 is 2.23 bits per heavy atom. The van der Waals surface area contributed by atoms with Crippen molar-refractivity contribution in [1.82, 2.24) is 20.1 Å². The van der Waals surface area contributed by atoms with Crippen LogP contribution >= 0.6 is 11.3 Å². The second kappa shape index (κ2) is 6.06. The number of pyridine rings is 1. The van der Waals surface area contributed by atoms with Gasteiger partial charge in [0.15, 0.2) is 5.01 Å². The number of urea groups is 1. The summed E-state index contributed by atoms with van der Waals surface area (Å²) >= 11 is 1.25. The van der Waals surface area contributed by atoms with Gasteiger partial charge in [-0.05, 0) is 18.6 Å². The maximum absolute atomic E-state index is 12.1.